The lowest BCUT2D eigenvalue weighted by molar-refractivity contribution is -0.0781. The zero-order valence-electron chi connectivity index (χ0n) is 43.7. The predicted octanol–water partition coefficient (Wildman–Crippen LogP) is 1.48. The second kappa shape index (κ2) is 63.3. The molecular weight excluding hydrogens is 881 g/mol. The third-order valence-electron chi connectivity index (χ3n) is 11.1. The van der Waals surface area contributed by atoms with E-state index in [0.29, 0.717) is 52.1 Å². The second-order valence-electron chi connectivity index (χ2n) is 16.4. The summed E-state index contributed by atoms with van der Waals surface area (Å²) in [5.41, 5.74) is -2.42. The van der Waals surface area contributed by atoms with Crippen LogP contribution in [0.25, 0.3) is 0 Å². The Balaban J connectivity index is -0.0000000850. The van der Waals surface area contributed by atoms with Crippen molar-refractivity contribution < 1.29 is 95.9 Å². The summed E-state index contributed by atoms with van der Waals surface area (Å²) < 4.78 is 15.1. The normalized spacial score (nSPS) is 11.5. The third kappa shape index (κ3) is 52.9. The largest absolute Gasteiger partial charge is 0.396 e. The first kappa shape index (κ1) is 86.0. The van der Waals surface area contributed by atoms with E-state index in [9.17, 15) is 20.4 Å². The molecule has 0 saturated heterocycles. The molecule has 0 radical (unpaired) electrons. The Kier molecular flexibility index (Phi) is 81.2. The topological polar surface area (TPSA) is 351 Å². The van der Waals surface area contributed by atoms with Gasteiger partial charge in [0.15, 0.2) is 0 Å². The first-order valence-corrected chi connectivity index (χ1v) is 23.8. The smallest absolute Gasteiger partial charge is 0.0768 e. The summed E-state index contributed by atoms with van der Waals surface area (Å²) in [5, 5.41) is 138. The summed E-state index contributed by atoms with van der Waals surface area (Å²) in [7, 11) is 0. The van der Waals surface area contributed by atoms with Gasteiger partial charge in [-0.25, -0.2) is 0 Å². The summed E-state index contributed by atoms with van der Waals surface area (Å²) >= 11 is 0. The van der Waals surface area contributed by atoms with E-state index in [2.05, 4.69) is 0 Å². The molecule has 0 spiro atoms. The van der Waals surface area contributed by atoms with Crippen LogP contribution in [-0.2, 0) is 14.2 Å². The van der Waals surface area contributed by atoms with Crippen molar-refractivity contribution in [1.29, 1.82) is 0 Å². The van der Waals surface area contributed by atoms with Crippen molar-refractivity contribution in [3.05, 3.63) is 0 Å². The highest BCUT2D eigenvalue weighted by Crippen LogP contribution is 2.26. The molecule has 0 amide bonds. The van der Waals surface area contributed by atoms with Crippen LogP contribution >= 0.6 is 0 Å². The monoisotopic (exact) mass is 995 g/mol. The first-order chi connectivity index (χ1) is 31.3. The quantitative estimate of drug-likeness (QED) is 0.0437. The molecule has 1 unspecified atom stereocenters. The van der Waals surface area contributed by atoms with Gasteiger partial charge in [-0.15, -0.1) is 0 Å². The number of rotatable bonds is 31. The Morgan fingerprint density at radius 1 is 0.358 bits per heavy atom. The lowest BCUT2D eigenvalue weighted by Gasteiger charge is -2.32. The fourth-order valence-electron chi connectivity index (χ4n) is 3.57. The minimum absolute atomic E-state index is 0. The molecule has 420 valence electrons. The Hall–Kier alpha value is -0.760. The fourth-order valence-corrected chi connectivity index (χ4v) is 3.57. The number of hydrogen-bond donors (Lipinski definition) is 16. The fraction of sp³-hybridized carbons (Fsp3) is 1.00. The molecule has 0 heterocycles. The molecule has 0 bridgehead atoms. The van der Waals surface area contributed by atoms with E-state index in [4.69, 9.17) is 75.5 Å². The lowest BCUT2D eigenvalue weighted by Crippen LogP contribution is -2.39. The molecule has 16 N–H and O–H groups in total. The highest BCUT2D eigenvalue weighted by Gasteiger charge is 2.31. The van der Waals surface area contributed by atoms with E-state index >= 15 is 0 Å². The molecule has 0 aromatic rings. The van der Waals surface area contributed by atoms with Crippen LogP contribution in [0.2, 0.25) is 0 Å². The van der Waals surface area contributed by atoms with Gasteiger partial charge in [0.25, 0.3) is 0 Å². The predicted molar refractivity (Wildman–Crippen MR) is 268 cm³/mol. The summed E-state index contributed by atoms with van der Waals surface area (Å²) in [6.45, 7) is 23.6. The molecule has 0 fully saturated rings. The molecule has 19 heteroatoms. The van der Waals surface area contributed by atoms with Gasteiger partial charge in [-0.2, -0.15) is 0 Å². The van der Waals surface area contributed by atoms with E-state index in [1.165, 1.54) is 0 Å². The molecule has 0 aliphatic carbocycles. The van der Waals surface area contributed by atoms with Crippen LogP contribution in [0.3, 0.4) is 0 Å². The van der Waals surface area contributed by atoms with Gasteiger partial charge in [0.1, 0.15) is 0 Å². The van der Waals surface area contributed by atoms with Gasteiger partial charge < -0.3 is 95.9 Å². The van der Waals surface area contributed by atoms with Crippen LogP contribution in [-0.4, -0.2) is 227 Å². The van der Waals surface area contributed by atoms with Gasteiger partial charge in [0, 0.05) is 46.9 Å². The van der Waals surface area contributed by atoms with Crippen LogP contribution in [0, 0.1) is 27.1 Å². The summed E-state index contributed by atoms with van der Waals surface area (Å²) in [4.78, 5) is 0. The third-order valence-corrected chi connectivity index (χ3v) is 11.1. The van der Waals surface area contributed by atoms with Crippen molar-refractivity contribution >= 4 is 0 Å². The molecule has 19 nitrogen and oxygen atoms in total. The highest BCUT2D eigenvalue weighted by molar-refractivity contribution is 4.79. The van der Waals surface area contributed by atoms with Crippen LogP contribution < -0.4 is 0 Å². The molecule has 0 rings (SSSR count). The van der Waals surface area contributed by atoms with E-state index < -0.39 is 22.3 Å². The molecule has 0 aliphatic heterocycles. The van der Waals surface area contributed by atoms with E-state index in [1.807, 2.05) is 76.2 Å². The molecule has 67 heavy (non-hydrogen) atoms. The van der Waals surface area contributed by atoms with Crippen LogP contribution in [0.5, 0.6) is 0 Å². The van der Waals surface area contributed by atoms with Gasteiger partial charge >= 0.3 is 0 Å². The minimum atomic E-state index is -0.667. The van der Waals surface area contributed by atoms with Crippen LogP contribution in [0.4, 0.5) is 0 Å². The minimum Gasteiger partial charge on any atom is -0.396 e. The Morgan fingerprint density at radius 2 is 0.672 bits per heavy atom. The maximum absolute atomic E-state index is 9.24. The van der Waals surface area contributed by atoms with E-state index in [-0.39, 0.29) is 124 Å². The Morgan fingerprint density at radius 3 is 0.776 bits per heavy atom. The van der Waals surface area contributed by atoms with Crippen LogP contribution in [0.1, 0.15) is 141 Å². The number of aliphatic hydroxyl groups excluding tert-OH is 16. The Bertz CT molecular complexity index is 712. The maximum atomic E-state index is 9.24. The van der Waals surface area contributed by atoms with Gasteiger partial charge in [0.05, 0.1) is 125 Å². The molecule has 0 aromatic carbocycles. The summed E-state index contributed by atoms with van der Waals surface area (Å²) in [6.07, 6.45) is 6.35. The lowest BCUT2D eigenvalue weighted by atomic mass is 9.84. The van der Waals surface area contributed by atoms with Gasteiger partial charge in [0.2, 0.25) is 0 Å². The van der Waals surface area contributed by atoms with Crippen molar-refractivity contribution in [2.24, 2.45) is 27.1 Å². The van der Waals surface area contributed by atoms with Crippen LogP contribution in [0.15, 0.2) is 0 Å². The molecule has 0 aliphatic rings. The average Bonchev–Trinajstić information content (AvgIpc) is 3.38. The molecule has 1 atom stereocenters. The average molecular weight is 995 g/mol. The van der Waals surface area contributed by atoms with Gasteiger partial charge in [-0.05, 0) is 64.7 Å². The molecule has 0 saturated carbocycles. The molecule has 0 aromatic heterocycles. The highest BCUT2D eigenvalue weighted by atomic mass is 16.5. The SMILES string of the molecule is C.CCC(C)(CO)CO.CCC(CC)(CO)CO.CCC(CO)(CO)CO.CCC(CO)(CO)COCC(CC)(CO)CO.CCC(O)CO.CCCO.CCCOCCO.CCOCCO. The number of ether oxygens (including phenoxy) is 3. The van der Waals surface area contributed by atoms with Crippen molar-refractivity contribution in [2.45, 2.75) is 147 Å². The van der Waals surface area contributed by atoms with Gasteiger partial charge in [-0.1, -0.05) is 76.7 Å². The zero-order valence-corrected chi connectivity index (χ0v) is 43.7. The second-order valence-corrected chi connectivity index (χ2v) is 16.4. The summed E-state index contributed by atoms with van der Waals surface area (Å²) in [6, 6.07) is 0. The maximum Gasteiger partial charge on any atom is 0.0768 e. The number of hydrogen-bond acceptors (Lipinski definition) is 19. The van der Waals surface area contributed by atoms with Crippen molar-refractivity contribution in [3.63, 3.8) is 0 Å². The van der Waals surface area contributed by atoms with Gasteiger partial charge in [-0.3, -0.25) is 0 Å². The van der Waals surface area contributed by atoms with Crippen molar-refractivity contribution in [1.82, 2.24) is 0 Å². The first-order valence-electron chi connectivity index (χ1n) is 23.8. The van der Waals surface area contributed by atoms with E-state index in [1.54, 1.807) is 0 Å². The van der Waals surface area contributed by atoms with E-state index in [0.717, 1.165) is 38.7 Å². The van der Waals surface area contributed by atoms with Crippen molar-refractivity contribution in [3.8, 4) is 0 Å². The standard InChI is InChI=1S/C12H26O5.C7H16O2.C6H14O3.C6H14O2.C5H12O2.2C4H10O2.C3H8O.CH4/c1-3-11(5-13,6-14)9-17-10-12(4-2,7-15)8-16;1-3-7(4-2,5-8)6-9;1-2-6(3-7,4-8)5-9;1-3-6(2,4-7)5-8;1-2-4-7-5-3-6;1-2-6-4-3-5;1-2-4(6)3-5;1-2-3-4;/h13-16H,3-10H2,1-2H3;8-9H,3-6H2,1-2H3;7-9H,2-5H2,1H3;7-8H,3-5H2,1-2H3;6H,2-5H2,1H3;5H,2-4H2,1H3;4-6H,2-3H2,1H3;4H,2-3H2,1H3;1H4. The molecular formula is C48H114O19. The van der Waals surface area contributed by atoms with Crippen molar-refractivity contribution in [2.75, 3.05) is 139 Å². The number of aliphatic hydroxyl groups is 16. The Labute approximate surface area is 408 Å². The summed E-state index contributed by atoms with van der Waals surface area (Å²) in [5.74, 6) is 0. The zero-order chi connectivity index (χ0) is 53.4.